The highest BCUT2D eigenvalue weighted by molar-refractivity contribution is 7.16. The van der Waals surface area contributed by atoms with Crippen LogP contribution in [0.2, 0.25) is 9.36 Å². The van der Waals surface area contributed by atoms with Crippen molar-refractivity contribution in [2.24, 2.45) is 0 Å². The second kappa shape index (κ2) is 7.99. The number of rotatable bonds is 5. The summed E-state index contributed by atoms with van der Waals surface area (Å²) in [5.41, 5.74) is 0.750. The fourth-order valence-corrected chi connectivity index (χ4v) is 3.39. The number of amides is 2. The Morgan fingerprint density at radius 2 is 2.09 bits per heavy atom. The van der Waals surface area contributed by atoms with E-state index in [-0.39, 0.29) is 17.1 Å². The summed E-state index contributed by atoms with van der Waals surface area (Å²) < 4.78 is 13.9. The van der Waals surface area contributed by atoms with Gasteiger partial charge in [0.2, 0.25) is 0 Å². The van der Waals surface area contributed by atoms with Crippen molar-refractivity contribution in [3.05, 3.63) is 55.9 Å². The normalized spacial score (nSPS) is 12.0. The minimum atomic E-state index is -0.473. The number of nitrogens with zero attached hydrogens (tertiary/aromatic N) is 1. The van der Waals surface area contributed by atoms with Gasteiger partial charge in [-0.3, -0.25) is 0 Å². The summed E-state index contributed by atoms with van der Waals surface area (Å²) in [7, 11) is 0. The SMILES string of the molecule is CCN(Cc1ccc(Cl)s1)C(=O)NC(C)c1ccc(F)c(Cl)c1. The third-order valence-corrected chi connectivity index (χ3v) is 4.93. The Bertz CT molecular complexity index is 692. The Morgan fingerprint density at radius 3 is 2.65 bits per heavy atom. The molecular weight excluding hydrogens is 358 g/mol. The predicted octanol–water partition coefficient (Wildman–Crippen LogP) is 5.49. The molecule has 0 saturated carbocycles. The van der Waals surface area contributed by atoms with Crippen LogP contribution in [0.3, 0.4) is 0 Å². The largest absolute Gasteiger partial charge is 0.331 e. The maximum atomic E-state index is 13.2. The quantitative estimate of drug-likeness (QED) is 0.737. The molecule has 23 heavy (non-hydrogen) atoms. The van der Waals surface area contributed by atoms with E-state index in [1.807, 2.05) is 26.0 Å². The van der Waals surface area contributed by atoms with Crippen molar-refractivity contribution in [2.75, 3.05) is 6.54 Å². The van der Waals surface area contributed by atoms with Crippen LogP contribution in [0.4, 0.5) is 9.18 Å². The average Bonchev–Trinajstić information content (AvgIpc) is 2.92. The van der Waals surface area contributed by atoms with Crippen molar-refractivity contribution in [3.8, 4) is 0 Å². The minimum absolute atomic E-state index is 0.0455. The molecule has 0 aliphatic heterocycles. The van der Waals surface area contributed by atoms with E-state index in [4.69, 9.17) is 23.2 Å². The van der Waals surface area contributed by atoms with Crippen molar-refractivity contribution in [3.63, 3.8) is 0 Å². The number of urea groups is 1. The zero-order valence-electron chi connectivity index (χ0n) is 12.8. The second-order valence-electron chi connectivity index (χ2n) is 5.06. The molecular formula is C16H17Cl2FN2OS. The molecule has 0 radical (unpaired) electrons. The average molecular weight is 375 g/mol. The molecule has 1 aromatic carbocycles. The van der Waals surface area contributed by atoms with Gasteiger partial charge in [-0.15, -0.1) is 11.3 Å². The monoisotopic (exact) mass is 374 g/mol. The number of thiophene rings is 1. The summed E-state index contributed by atoms with van der Waals surface area (Å²) in [5, 5.41) is 2.94. The van der Waals surface area contributed by atoms with Gasteiger partial charge in [0, 0.05) is 11.4 Å². The Hall–Kier alpha value is -1.30. The highest BCUT2D eigenvalue weighted by Gasteiger charge is 2.17. The van der Waals surface area contributed by atoms with Gasteiger partial charge in [0.15, 0.2) is 0 Å². The minimum Gasteiger partial charge on any atom is -0.331 e. The number of carbonyl (C=O) groups excluding carboxylic acids is 1. The Morgan fingerprint density at radius 1 is 1.35 bits per heavy atom. The highest BCUT2D eigenvalue weighted by atomic mass is 35.5. The molecule has 0 aliphatic rings. The molecule has 0 fully saturated rings. The number of hydrogen-bond acceptors (Lipinski definition) is 2. The van der Waals surface area contributed by atoms with Gasteiger partial charge in [0.1, 0.15) is 5.82 Å². The van der Waals surface area contributed by atoms with Gasteiger partial charge in [-0.05, 0) is 43.7 Å². The summed E-state index contributed by atoms with van der Waals surface area (Å²) in [6.07, 6.45) is 0. The standard InChI is InChI=1S/C16H17Cl2FN2OS/c1-3-21(9-12-5-7-15(18)23-12)16(22)20-10(2)11-4-6-14(19)13(17)8-11/h4-8,10H,3,9H2,1-2H3,(H,20,22). The molecule has 1 heterocycles. The summed E-state index contributed by atoms with van der Waals surface area (Å²) in [6.45, 7) is 4.81. The molecule has 2 aromatic rings. The van der Waals surface area contributed by atoms with Crippen molar-refractivity contribution in [2.45, 2.75) is 26.4 Å². The van der Waals surface area contributed by atoms with Gasteiger partial charge in [0.25, 0.3) is 0 Å². The summed E-state index contributed by atoms with van der Waals surface area (Å²) in [6, 6.07) is 7.69. The molecule has 0 bridgehead atoms. The predicted molar refractivity (Wildman–Crippen MR) is 93.8 cm³/mol. The van der Waals surface area contributed by atoms with E-state index in [9.17, 15) is 9.18 Å². The lowest BCUT2D eigenvalue weighted by molar-refractivity contribution is 0.195. The third-order valence-electron chi connectivity index (χ3n) is 3.43. The fourth-order valence-electron chi connectivity index (χ4n) is 2.09. The third kappa shape index (κ3) is 4.83. The summed E-state index contributed by atoms with van der Waals surface area (Å²) in [5.74, 6) is -0.473. The van der Waals surface area contributed by atoms with Crippen molar-refractivity contribution < 1.29 is 9.18 Å². The summed E-state index contributed by atoms with van der Waals surface area (Å²) in [4.78, 5) is 15.1. The van der Waals surface area contributed by atoms with Crippen LogP contribution in [0, 0.1) is 5.82 Å². The van der Waals surface area contributed by atoms with E-state index in [1.54, 1.807) is 11.0 Å². The fraction of sp³-hybridized carbons (Fsp3) is 0.312. The molecule has 1 atom stereocenters. The first-order valence-corrected chi connectivity index (χ1v) is 8.72. The molecule has 1 aromatic heterocycles. The van der Waals surface area contributed by atoms with Crippen molar-refractivity contribution in [1.82, 2.24) is 10.2 Å². The first-order valence-electron chi connectivity index (χ1n) is 7.15. The molecule has 1 unspecified atom stereocenters. The van der Waals surface area contributed by atoms with Crippen molar-refractivity contribution >= 4 is 40.6 Å². The van der Waals surface area contributed by atoms with Crippen molar-refractivity contribution in [1.29, 1.82) is 0 Å². The lowest BCUT2D eigenvalue weighted by atomic mass is 10.1. The van der Waals surface area contributed by atoms with Gasteiger partial charge < -0.3 is 10.2 Å². The zero-order chi connectivity index (χ0) is 17.0. The Kier molecular flexibility index (Phi) is 6.27. The first-order chi connectivity index (χ1) is 10.9. The highest BCUT2D eigenvalue weighted by Crippen LogP contribution is 2.23. The first kappa shape index (κ1) is 18.0. The molecule has 2 rings (SSSR count). The molecule has 124 valence electrons. The summed E-state index contributed by atoms with van der Waals surface area (Å²) >= 11 is 13.2. The van der Waals surface area contributed by atoms with Crippen LogP contribution < -0.4 is 5.32 Å². The zero-order valence-corrected chi connectivity index (χ0v) is 15.1. The van der Waals surface area contributed by atoms with Crippen LogP contribution in [0.15, 0.2) is 30.3 Å². The van der Waals surface area contributed by atoms with E-state index in [0.29, 0.717) is 17.4 Å². The van der Waals surface area contributed by atoms with Crippen LogP contribution in [0.1, 0.15) is 30.3 Å². The number of benzene rings is 1. The van der Waals surface area contributed by atoms with Crippen LogP contribution in [-0.2, 0) is 6.54 Å². The van der Waals surface area contributed by atoms with E-state index in [2.05, 4.69) is 5.32 Å². The van der Waals surface area contributed by atoms with Gasteiger partial charge in [-0.25, -0.2) is 9.18 Å². The number of hydrogen-bond donors (Lipinski definition) is 1. The van der Waals surface area contributed by atoms with Crippen LogP contribution in [0.5, 0.6) is 0 Å². The van der Waals surface area contributed by atoms with Gasteiger partial charge >= 0.3 is 6.03 Å². The van der Waals surface area contributed by atoms with Crippen LogP contribution >= 0.6 is 34.5 Å². The smallest absolute Gasteiger partial charge is 0.318 e. The molecule has 1 N–H and O–H groups in total. The van der Waals surface area contributed by atoms with Gasteiger partial charge in [-0.2, -0.15) is 0 Å². The van der Waals surface area contributed by atoms with E-state index in [0.717, 1.165) is 10.4 Å². The van der Waals surface area contributed by atoms with Crippen LogP contribution in [-0.4, -0.2) is 17.5 Å². The number of halogens is 3. The Labute approximate surface area is 149 Å². The second-order valence-corrected chi connectivity index (χ2v) is 7.27. The number of carbonyl (C=O) groups is 1. The van der Waals surface area contributed by atoms with Crippen LogP contribution in [0.25, 0.3) is 0 Å². The maximum absolute atomic E-state index is 13.2. The molecule has 2 amide bonds. The number of nitrogens with one attached hydrogen (secondary N) is 1. The van der Waals surface area contributed by atoms with Gasteiger partial charge in [-0.1, -0.05) is 29.3 Å². The Balaban J connectivity index is 2.01. The van der Waals surface area contributed by atoms with E-state index < -0.39 is 5.82 Å². The topological polar surface area (TPSA) is 32.3 Å². The lowest BCUT2D eigenvalue weighted by Gasteiger charge is -2.24. The lowest BCUT2D eigenvalue weighted by Crippen LogP contribution is -2.40. The van der Waals surface area contributed by atoms with E-state index in [1.165, 1.54) is 23.5 Å². The molecule has 0 saturated heterocycles. The molecule has 7 heteroatoms. The molecule has 3 nitrogen and oxygen atoms in total. The molecule has 0 aliphatic carbocycles. The maximum Gasteiger partial charge on any atom is 0.318 e. The van der Waals surface area contributed by atoms with E-state index >= 15 is 0 Å². The van der Waals surface area contributed by atoms with Gasteiger partial charge in [0.05, 0.1) is 21.9 Å². The molecule has 0 spiro atoms.